The number of aromatic nitrogens is 2. The van der Waals surface area contributed by atoms with E-state index in [-0.39, 0.29) is 11.3 Å². The molecule has 4 unspecified atom stereocenters. The Morgan fingerprint density at radius 2 is 1.95 bits per heavy atom. The lowest BCUT2D eigenvalue weighted by molar-refractivity contribution is 0.0697. The van der Waals surface area contributed by atoms with Crippen LogP contribution in [0.4, 0.5) is 0 Å². The molecule has 5 heteroatoms. The zero-order valence-electron chi connectivity index (χ0n) is 11.5. The van der Waals surface area contributed by atoms with Crippen molar-refractivity contribution in [3.8, 4) is 0 Å². The van der Waals surface area contributed by atoms with E-state index >= 15 is 0 Å². The van der Waals surface area contributed by atoms with Crippen molar-refractivity contribution >= 4 is 17.0 Å². The van der Waals surface area contributed by atoms with Crippen molar-refractivity contribution in [2.24, 2.45) is 23.7 Å². The first kappa shape index (κ1) is 11.6. The molecule has 3 fully saturated rings. The number of imidazole rings is 1. The van der Waals surface area contributed by atoms with Gasteiger partial charge in [-0.15, -0.1) is 0 Å². The van der Waals surface area contributed by atoms with Gasteiger partial charge in [0.2, 0.25) is 0 Å². The van der Waals surface area contributed by atoms with Gasteiger partial charge < -0.3 is 10.1 Å². The molecule has 21 heavy (non-hydrogen) atoms. The molecule has 2 aromatic rings. The molecule has 2 bridgehead atoms. The van der Waals surface area contributed by atoms with Crippen LogP contribution in [0.5, 0.6) is 0 Å². The number of hydrogen-bond acceptors (Lipinski definition) is 2. The van der Waals surface area contributed by atoms with Crippen LogP contribution in [-0.2, 0) is 0 Å². The molecular formula is C16H16N2O3. The van der Waals surface area contributed by atoms with Crippen molar-refractivity contribution in [2.45, 2.75) is 25.3 Å². The number of carboxylic acids is 1. The van der Waals surface area contributed by atoms with Crippen LogP contribution in [0.2, 0.25) is 0 Å². The Morgan fingerprint density at radius 1 is 1.24 bits per heavy atom. The summed E-state index contributed by atoms with van der Waals surface area (Å²) in [6.45, 7) is 0. The van der Waals surface area contributed by atoms with Crippen molar-refractivity contribution in [1.82, 2.24) is 9.55 Å². The second-order valence-corrected chi connectivity index (χ2v) is 6.82. The molecule has 1 heterocycles. The Balaban J connectivity index is 1.66. The van der Waals surface area contributed by atoms with E-state index in [2.05, 4.69) is 4.98 Å². The topological polar surface area (TPSA) is 75.1 Å². The van der Waals surface area contributed by atoms with E-state index < -0.39 is 5.97 Å². The summed E-state index contributed by atoms with van der Waals surface area (Å²) in [5, 5.41) is 9.15. The fourth-order valence-corrected chi connectivity index (χ4v) is 5.17. The number of carboxylic acid groups (broad SMARTS) is 1. The van der Waals surface area contributed by atoms with Gasteiger partial charge in [0.15, 0.2) is 0 Å². The largest absolute Gasteiger partial charge is 0.478 e. The van der Waals surface area contributed by atoms with Crippen LogP contribution in [-0.4, -0.2) is 20.6 Å². The van der Waals surface area contributed by atoms with Gasteiger partial charge in [-0.3, -0.25) is 4.57 Å². The number of carbonyl (C=O) groups is 1. The van der Waals surface area contributed by atoms with Crippen molar-refractivity contribution in [3.05, 3.63) is 34.2 Å². The summed E-state index contributed by atoms with van der Waals surface area (Å²) in [7, 11) is 0. The molecule has 108 valence electrons. The number of hydrogen-bond donors (Lipinski definition) is 2. The van der Waals surface area contributed by atoms with Crippen LogP contribution < -0.4 is 5.69 Å². The number of H-pyrrole nitrogens is 1. The highest BCUT2D eigenvalue weighted by molar-refractivity contribution is 5.92. The van der Waals surface area contributed by atoms with E-state index in [0.717, 1.165) is 22.9 Å². The predicted molar refractivity (Wildman–Crippen MR) is 76.4 cm³/mol. The maximum atomic E-state index is 12.3. The normalized spacial score (nSPS) is 36.1. The molecular weight excluding hydrogens is 268 g/mol. The molecule has 4 atom stereocenters. The molecule has 2 N–H and O–H groups in total. The Morgan fingerprint density at radius 3 is 2.62 bits per heavy atom. The first-order chi connectivity index (χ1) is 10.1. The molecule has 0 aliphatic heterocycles. The van der Waals surface area contributed by atoms with E-state index in [9.17, 15) is 9.59 Å². The molecule has 3 aliphatic rings. The van der Waals surface area contributed by atoms with Crippen LogP contribution in [0, 0.1) is 23.7 Å². The lowest BCUT2D eigenvalue weighted by Crippen LogP contribution is -2.19. The Labute approximate surface area is 120 Å². The van der Waals surface area contributed by atoms with Gasteiger partial charge in [-0.25, -0.2) is 9.59 Å². The van der Waals surface area contributed by atoms with Gasteiger partial charge in [-0.05, 0) is 61.1 Å². The van der Waals surface area contributed by atoms with Crippen molar-refractivity contribution < 1.29 is 9.90 Å². The molecule has 0 spiro atoms. The molecule has 1 aromatic carbocycles. The average molecular weight is 284 g/mol. The van der Waals surface area contributed by atoms with Gasteiger partial charge >= 0.3 is 11.7 Å². The summed E-state index contributed by atoms with van der Waals surface area (Å²) in [6.07, 6.45) is 3.95. The number of rotatable bonds is 2. The van der Waals surface area contributed by atoms with Crippen LogP contribution in [0.3, 0.4) is 0 Å². The highest BCUT2D eigenvalue weighted by Crippen LogP contribution is 2.71. The minimum atomic E-state index is -0.951. The molecule has 5 nitrogen and oxygen atoms in total. The highest BCUT2D eigenvalue weighted by atomic mass is 16.4. The van der Waals surface area contributed by atoms with Crippen molar-refractivity contribution in [3.63, 3.8) is 0 Å². The highest BCUT2D eigenvalue weighted by Gasteiger charge is 2.66. The molecule has 0 saturated heterocycles. The molecule has 3 saturated carbocycles. The average Bonchev–Trinajstić information content (AvgIpc) is 2.81. The Kier molecular flexibility index (Phi) is 1.98. The van der Waals surface area contributed by atoms with E-state index in [1.807, 2.05) is 4.57 Å². The second kappa shape index (κ2) is 3.59. The first-order valence-electron chi connectivity index (χ1n) is 7.62. The zero-order chi connectivity index (χ0) is 14.3. The van der Waals surface area contributed by atoms with Crippen LogP contribution in [0.1, 0.15) is 35.7 Å². The summed E-state index contributed by atoms with van der Waals surface area (Å²) in [6, 6.07) is 5.17. The summed E-state index contributed by atoms with van der Waals surface area (Å²) >= 11 is 0. The zero-order valence-corrected chi connectivity index (χ0v) is 11.5. The van der Waals surface area contributed by atoms with Crippen LogP contribution in [0.15, 0.2) is 23.0 Å². The molecule has 5 rings (SSSR count). The van der Waals surface area contributed by atoms with Gasteiger partial charge in [0.25, 0.3) is 0 Å². The molecule has 1 aromatic heterocycles. The van der Waals surface area contributed by atoms with Crippen molar-refractivity contribution in [2.75, 3.05) is 0 Å². The molecule has 3 aliphatic carbocycles. The smallest absolute Gasteiger partial charge is 0.335 e. The summed E-state index contributed by atoms with van der Waals surface area (Å²) in [5.41, 5.74) is 1.64. The van der Waals surface area contributed by atoms with Gasteiger partial charge in [-0.1, -0.05) is 0 Å². The Hall–Kier alpha value is -2.04. The number of benzene rings is 1. The number of aromatic carboxylic acids is 1. The third-order valence-electron chi connectivity index (χ3n) is 5.96. The van der Waals surface area contributed by atoms with Crippen molar-refractivity contribution in [1.29, 1.82) is 0 Å². The van der Waals surface area contributed by atoms with E-state index in [4.69, 9.17) is 5.11 Å². The monoisotopic (exact) mass is 284 g/mol. The first-order valence-corrected chi connectivity index (χ1v) is 7.62. The molecule has 0 amide bonds. The van der Waals surface area contributed by atoms with Crippen LogP contribution >= 0.6 is 0 Å². The van der Waals surface area contributed by atoms with E-state index in [1.165, 1.54) is 19.3 Å². The Bertz CT molecular complexity index is 818. The minimum Gasteiger partial charge on any atom is -0.478 e. The SMILES string of the molecule is O=C(O)c1ccc2[nH]c(=O)n(C3C4C5CCC(C5)C43)c2c1. The minimum absolute atomic E-state index is 0.0914. The van der Waals surface area contributed by atoms with Gasteiger partial charge in [-0.2, -0.15) is 0 Å². The predicted octanol–water partition coefficient (Wildman–Crippen LogP) is 2.24. The van der Waals surface area contributed by atoms with E-state index in [1.54, 1.807) is 18.2 Å². The second-order valence-electron chi connectivity index (χ2n) is 6.82. The quantitative estimate of drug-likeness (QED) is 0.888. The lowest BCUT2D eigenvalue weighted by Gasteiger charge is -2.10. The number of nitrogens with one attached hydrogen (secondary N) is 1. The van der Waals surface area contributed by atoms with Crippen LogP contribution in [0.25, 0.3) is 11.0 Å². The van der Waals surface area contributed by atoms with Gasteiger partial charge in [0.1, 0.15) is 0 Å². The van der Waals surface area contributed by atoms with Gasteiger partial charge in [0.05, 0.1) is 16.6 Å². The third kappa shape index (κ3) is 1.36. The van der Waals surface area contributed by atoms with Gasteiger partial charge in [0, 0.05) is 6.04 Å². The maximum absolute atomic E-state index is 12.3. The van der Waals surface area contributed by atoms with E-state index in [0.29, 0.717) is 17.9 Å². The fraction of sp³-hybridized carbons (Fsp3) is 0.500. The number of fused-ring (bicyclic) bond motifs is 6. The number of aromatic amines is 1. The lowest BCUT2D eigenvalue weighted by atomic mass is 10.0. The maximum Gasteiger partial charge on any atom is 0.335 e. The number of nitrogens with zero attached hydrogens (tertiary/aromatic N) is 1. The standard InChI is InChI=1S/C16H16N2O3/c19-15(20)9-3-4-10-11(6-9)18(16(21)17-10)14-12-7-1-2-8(5-7)13(12)14/h3-4,6-8,12-14H,1-2,5H2,(H,17,21)(H,19,20). The third-order valence-corrected chi connectivity index (χ3v) is 5.96. The summed E-state index contributed by atoms with van der Waals surface area (Å²) in [4.78, 5) is 26.4. The fourth-order valence-electron chi connectivity index (χ4n) is 5.17. The summed E-state index contributed by atoms with van der Waals surface area (Å²) in [5.74, 6) is 1.91. The molecule has 0 radical (unpaired) electrons. The summed E-state index contributed by atoms with van der Waals surface area (Å²) < 4.78 is 1.83.